The fourth-order valence-corrected chi connectivity index (χ4v) is 2.45. The Morgan fingerprint density at radius 1 is 1.04 bits per heavy atom. The third-order valence-corrected chi connectivity index (χ3v) is 3.79. The highest BCUT2D eigenvalue weighted by atomic mass is 127. The Morgan fingerprint density at radius 3 is 2.54 bits per heavy atom. The van der Waals surface area contributed by atoms with E-state index in [1.807, 2.05) is 41.3 Å². The van der Waals surface area contributed by atoms with Crippen LogP contribution < -0.4 is 10.6 Å². The second kappa shape index (κ2) is 10.5. The molecule has 0 saturated carbocycles. The Morgan fingerprint density at radius 2 is 1.88 bits per heavy atom. The molecule has 0 amide bonds. The number of pyridine rings is 1. The monoisotopic (exact) mass is 462 g/mol. The Labute approximate surface area is 170 Å². The highest BCUT2D eigenvalue weighted by molar-refractivity contribution is 14.0. The zero-order valence-corrected chi connectivity index (χ0v) is 17.0. The van der Waals surface area contributed by atoms with Gasteiger partial charge in [-0.15, -0.1) is 24.0 Å². The maximum Gasteiger partial charge on any atom is 0.191 e. The molecule has 3 aromatic rings. The zero-order valence-electron chi connectivity index (χ0n) is 14.7. The van der Waals surface area contributed by atoms with Crippen LogP contribution >= 0.6 is 24.0 Å². The van der Waals surface area contributed by atoms with Gasteiger partial charge in [0.25, 0.3) is 0 Å². The number of aliphatic imine (C=N–C) groups is 1. The highest BCUT2D eigenvalue weighted by Gasteiger charge is 2.00. The molecule has 2 aromatic heterocycles. The van der Waals surface area contributed by atoms with Gasteiger partial charge in [-0.2, -0.15) is 5.10 Å². The van der Waals surface area contributed by atoms with Crippen molar-refractivity contribution in [2.24, 2.45) is 4.99 Å². The predicted molar refractivity (Wildman–Crippen MR) is 115 cm³/mol. The normalized spacial score (nSPS) is 10.9. The van der Waals surface area contributed by atoms with Crippen molar-refractivity contribution < 1.29 is 0 Å². The van der Waals surface area contributed by atoms with E-state index >= 15 is 0 Å². The summed E-state index contributed by atoms with van der Waals surface area (Å²) in [5.41, 5.74) is 3.30. The van der Waals surface area contributed by atoms with Crippen LogP contribution in [0.3, 0.4) is 0 Å². The van der Waals surface area contributed by atoms with Crippen LogP contribution in [-0.2, 0) is 13.0 Å². The first-order valence-electron chi connectivity index (χ1n) is 8.28. The summed E-state index contributed by atoms with van der Waals surface area (Å²) in [6.07, 6.45) is 6.38. The lowest BCUT2D eigenvalue weighted by atomic mass is 10.2. The summed E-state index contributed by atoms with van der Waals surface area (Å²) >= 11 is 0. The van der Waals surface area contributed by atoms with E-state index in [9.17, 15) is 0 Å². The molecule has 0 aliphatic heterocycles. The van der Waals surface area contributed by atoms with Crippen LogP contribution in [0.2, 0.25) is 0 Å². The first-order valence-corrected chi connectivity index (χ1v) is 8.28. The van der Waals surface area contributed by atoms with Crippen molar-refractivity contribution in [2.75, 3.05) is 13.6 Å². The first kappa shape index (κ1) is 19.9. The molecule has 26 heavy (non-hydrogen) atoms. The largest absolute Gasteiger partial charge is 0.356 e. The molecule has 0 saturated heterocycles. The molecule has 0 aliphatic rings. The summed E-state index contributed by atoms with van der Waals surface area (Å²) in [6, 6.07) is 16.2. The second-order valence-electron chi connectivity index (χ2n) is 5.54. The van der Waals surface area contributed by atoms with E-state index in [2.05, 4.69) is 50.0 Å². The lowest BCUT2D eigenvalue weighted by Gasteiger charge is -2.12. The van der Waals surface area contributed by atoms with Crippen LogP contribution in [0, 0.1) is 0 Å². The first-order chi connectivity index (χ1) is 12.3. The SMILES string of the molecule is CN=C(NCCc1ccccn1)NCc1ccc(-n2cccn2)cc1.I. The minimum Gasteiger partial charge on any atom is -0.356 e. The highest BCUT2D eigenvalue weighted by Crippen LogP contribution is 2.08. The van der Waals surface area contributed by atoms with Crippen molar-refractivity contribution in [1.29, 1.82) is 0 Å². The quantitative estimate of drug-likeness (QED) is 0.336. The van der Waals surface area contributed by atoms with Gasteiger partial charge in [0, 0.05) is 50.8 Å². The third kappa shape index (κ3) is 5.83. The summed E-state index contributed by atoms with van der Waals surface area (Å²) in [5, 5.41) is 10.9. The van der Waals surface area contributed by atoms with E-state index in [1.165, 1.54) is 5.56 Å². The Hall–Kier alpha value is -2.42. The van der Waals surface area contributed by atoms with Crippen LogP contribution in [-0.4, -0.2) is 34.3 Å². The van der Waals surface area contributed by atoms with E-state index in [0.29, 0.717) is 6.54 Å². The fraction of sp³-hybridized carbons (Fsp3) is 0.211. The zero-order chi connectivity index (χ0) is 17.3. The van der Waals surface area contributed by atoms with Crippen molar-refractivity contribution in [3.05, 3.63) is 78.4 Å². The van der Waals surface area contributed by atoms with Gasteiger partial charge in [0.1, 0.15) is 0 Å². The van der Waals surface area contributed by atoms with Crippen LogP contribution in [0.15, 0.2) is 72.1 Å². The smallest absolute Gasteiger partial charge is 0.191 e. The number of halogens is 1. The molecule has 2 N–H and O–H groups in total. The van der Waals surface area contributed by atoms with E-state index < -0.39 is 0 Å². The van der Waals surface area contributed by atoms with Crippen LogP contribution in [0.25, 0.3) is 5.69 Å². The lowest BCUT2D eigenvalue weighted by molar-refractivity contribution is 0.784. The Kier molecular flexibility index (Phi) is 8.07. The van der Waals surface area contributed by atoms with E-state index in [0.717, 1.165) is 30.3 Å². The number of aromatic nitrogens is 3. The number of hydrogen-bond acceptors (Lipinski definition) is 3. The van der Waals surface area contributed by atoms with Gasteiger partial charge in [-0.3, -0.25) is 9.98 Å². The lowest BCUT2D eigenvalue weighted by Crippen LogP contribution is -2.37. The Bertz CT molecular complexity index is 785. The number of rotatable bonds is 6. The van der Waals surface area contributed by atoms with Crippen molar-refractivity contribution in [3.8, 4) is 5.69 Å². The molecule has 1 aromatic carbocycles. The molecule has 0 bridgehead atoms. The molecule has 3 rings (SSSR count). The average molecular weight is 462 g/mol. The summed E-state index contributed by atoms with van der Waals surface area (Å²) in [5.74, 6) is 0.784. The van der Waals surface area contributed by atoms with Gasteiger partial charge in [-0.1, -0.05) is 18.2 Å². The van der Waals surface area contributed by atoms with Gasteiger partial charge in [0.15, 0.2) is 5.96 Å². The molecular formula is C19H23IN6. The summed E-state index contributed by atoms with van der Waals surface area (Å²) in [4.78, 5) is 8.57. The van der Waals surface area contributed by atoms with Gasteiger partial charge in [-0.05, 0) is 35.9 Å². The molecule has 6 nitrogen and oxygen atoms in total. The average Bonchev–Trinajstić information content (AvgIpc) is 3.20. The molecule has 7 heteroatoms. The fourth-order valence-electron chi connectivity index (χ4n) is 2.45. The molecular weight excluding hydrogens is 439 g/mol. The van der Waals surface area contributed by atoms with Gasteiger partial charge in [-0.25, -0.2) is 4.68 Å². The summed E-state index contributed by atoms with van der Waals surface area (Å²) < 4.78 is 1.84. The molecule has 0 aliphatic carbocycles. The number of nitrogens with zero attached hydrogens (tertiary/aromatic N) is 4. The molecule has 0 atom stereocenters. The topological polar surface area (TPSA) is 67.1 Å². The summed E-state index contributed by atoms with van der Waals surface area (Å²) in [6.45, 7) is 1.50. The molecule has 0 fully saturated rings. The number of nitrogens with one attached hydrogen (secondary N) is 2. The predicted octanol–water partition coefficient (Wildman–Crippen LogP) is 2.79. The van der Waals surface area contributed by atoms with Crippen LogP contribution in [0.5, 0.6) is 0 Å². The maximum atomic E-state index is 4.32. The van der Waals surface area contributed by atoms with E-state index in [4.69, 9.17) is 0 Å². The van der Waals surface area contributed by atoms with Crippen LogP contribution in [0.4, 0.5) is 0 Å². The number of hydrogen-bond donors (Lipinski definition) is 2. The van der Waals surface area contributed by atoms with Gasteiger partial charge >= 0.3 is 0 Å². The van der Waals surface area contributed by atoms with Crippen molar-refractivity contribution in [2.45, 2.75) is 13.0 Å². The second-order valence-corrected chi connectivity index (χ2v) is 5.54. The van der Waals surface area contributed by atoms with Crippen molar-refractivity contribution >= 4 is 29.9 Å². The molecule has 0 spiro atoms. The Balaban J connectivity index is 0.00000243. The standard InChI is InChI=1S/C19H22N6.HI/c1-20-19(22-13-10-17-5-2-3-11-21-17)23-15-16-6-8-18(9-7-16)25-14-4-12-24-25;/h2-9,11-12,14H,10,13,15H2,1H3,(H2,20,22,23);1H. The van der Waals surface area contributed by atoms with Gasteiger partial charge in [0.2, 0.25) is 0 Å². The van der Waals surface area contributed by atoms with E-state index in [-0.39, 0.29) is 24.0 Å². The van der Waals surface area contributed by atoms with E-state index in [1.54, 1.807) is 13.2 Å². The molecule has 0 unspecified atom stereocenters. The number of benzene rings is 1. The van der Waals surface area contributed by atoms with Crippen molar-refractivity contribution in [3.63, 3.8) is 0 Å². The minimum atomic E-state index is 0. The molecule has 136 valence electrons. The van der Waals surface area contributed by atoms with Crippen LogP contribution in [0.1, 0.15) is 11.3 Å². The summed E-state index contributed by atoms with van der Waals surface area (Å²) in [7, 11) is 1.77. The maximum absolute atomic E-state index is 4.32. The number of guanidine groups is 1. The molecule has 2 heterocycles. The van der Waals surface area contributed by atoms with Gasteiger partial charge in [0.05, 0.1) is 5.69 Å². The minimum absolute atomic E-state index is 0. The molecule has 0 radical (unpaired) electrons. The van der Waals surface area contributed by atoms with Crippen molar-refractivity contribution in [1.82, 2.24) is 25.4 Å². The third-order valence-electron chi connectivity index (χ3n) is 3.79. The van der Waals surface area contributed by atoms with Gasteiger partial charge < -0.3 is 10.6 Å².